The maximum absolute atomic E-state index is 15.2. The van der Waals surface area contributed by atoms with Gasteiger partial charge in [-0.15, -0.1) is 0 Å². The fourth-order valence-corrected chi connectivity index (χ4v) is 9.42. The number of carbonyl (C=O) groups excluding carboxylic acids is 1. The van der Waals surface area contributed by atoms with Crippen molar-refractivity contribution in [2.45, 2.75) is 76.0 Å². The maximum atomic E-state index is 15.2. The van der Waals surface area contributed by atoms with Crippen molar-refractivity contribution in [3.05, 3.63) is 185 Å². The van der Waals surface area contributed by atoms with E-state index < -0.39 is 11.5 Å². The van der Waals surface area contributed by atoms with Gasteiger partial charge >= 0.3 is 6.03 Å². The number of fused-ring (bicyclic) bond motifs is 1. The highest BCUT2D eigenvalue weighted by atomic mass is 16.5. The number of benzene rings is 5. The summed E-state index contributed by atoms with van der Waals surface area (Å²) in [6.45, 7) is 3.61. The third-order valence-corrected chi connectivity index (χ3v) is 12.3. The summed E-state index contributed by atoms with van der Waals surface area (Å²) in [6, 6.07) is 46.7. The number of nitrogens with one attached hydrogen (secondary N) is 1. The van der Waals surface area contributed by atoms with Crippen molar-refractivity contribution < 1.29 is 14.3 Å². The van der Waals surface area contributed by atoms with Crippen LogP contribution in [-0.4, -0.2) is 46.0 Å². The van der Waals surface area contributed by atoms with Crippen molar-refractivity contribution in [2.24, 2.45) is 11.0 Å². The van der Waals surface area contributed by atoms with Crippen LogP contribution in [0.4, 0.5) is 16.2 Å². The molecule has 0 radical (unpaired) electrons. The highest BCUT2D eigenvalue weighted by Crippen LogP contribution is 2.51. The fraction of sp³-hybridized carbons (Fsp3) is 0.300. The van der Waals surface area contributed by atoms with Crippen LogP contribution in [0.3, 0.4) is 0 Å². The van der Waals surface area contributed by atoms with E-state index in [9.17, 15) is 0 Å². The summed E-state index contributed by atoms with van der Waals surface area (Å²) in [5.74, 6) is 1.05. The Labute approximate surface area is 341 Å². The average molecular weight is 770 g/mol. The Morgan fingerprint density at radius 3 is 1.98 bits per heavy atom. The van der Waals surface area contributed by atoms with Crippen molar-refractivity contribution in [1.29, 1.82) is 0 Å². The van der Waals surface area contributed by atoms with Gasteiger partial charge in [0, 0.05) is 37.1 Å². The lowest BCUT2D eigenvalue weighted by atomic mass is 9.64. The van der Waals surface area contributed by atoms with Crippen LogP contribution in [0.25, 0.3) is 0 Å². The molecule has 3 aliphatic rings. The smallest absolute Gasteiger partial charge is 0.349 e. The summed E-state index contributed by atoms with van der Waals surface area (Å²) in [5, 5.41) is 7.15. The third kappa shape index (κ3) is 7.27. The second-order valence-electron chi connectivity index (χ2n) is 15.9. The molecule has 1 saturated carbocycles. The van der Waals surface area contributed by atoms with Gasteiger partial charge < -0.3 is 14.5 Å². The Balaban J connectivity index is 1.20. The lowest BCUT2D eigenvalue weighted by Gasteiger charge is -2.42. The number of carbonyl (C=O) groups is 1. The van der Waals surface area contributed by atoms with Gasteiger partial charge in [0.15, 0.2) is 0 Å². The van der Waals surface area contributed by atoms with Gasteiger partial charge in [0.25, 0.3) is 0 Å². The van der Waals surface area contributed by atoms with Crippen LogP contribution in [0.15, 0.2) is 151 Å². The van der Waals surface area contributed by atoms with Crippen LogP contribution in [-0.2, 0) is 21.5 Å². The predicted octanol–water partition coefficient (Wildman–Crippen LogP) is 11.0. The van der Waals surface area contributed by atoms with Crippen molar-refractivity contribution in [2.75, 3.05) is 18.1 Å². The Hall–Kier alpha value is -5.83. The van der Waals surface area contributed by atoms with Crippen molar-refractivity contribution in [3.8, 4) is 0 Å². The van der Waals surface area contributed by atoms with Gasteiger partial charge in [-0.2, -0.15) is 5.10 Å². The minimum Gasteiger partial charge on any atom is -0.381 e. The monoisotopic (exact) mass is 769 g/mol. The molecule has 1 saturated heterocycles. The van der Waals surface area contributed by atoms with E-state index in [2.05, 4.69) is 150 Å². The number of hydrogen-bond acceptors (Lipinski definition) is 5. The van der Waals surface area contributed by atoms with E-state index in [4.69, 9.17) is 14.6 Å². The number of aromatic amines is 1. The van der Waals surface area contributed by atoms with E-state index in [1.807, 2.05) is 11.1 Å². The molecule has 8 heteroatoms. The van der Waals surface area contributed by atoms with E-state index >= 15 is 4.79 Å². The first-order valence-corrected chi connectivity index (χ1v) is 20.9. The van der Waals surface area contributed by atoms with Crippen molar-refractivity contribution in [3.63, 3.8) is 0 Å². The lowest BCUT2D eigenvalue weighted by molar-refractivity contribution is 0.00360. The number of hydrogen-bond donors (Lipinski definition) is 1. The number of rotatable bonds is 11. The second kappa shape index (κ2) is 16.9. The molecule has 5 aromatic carbocycles. The van der Waals surface area contributed by atoms with Gasteiger partial charge in [-0.1, -0.05) is 135 Å². The highest BCUT2D eigenvalue weighted by molar-refractivity contribution is 6.14. The quantitative estimate of drug-likeness (QED) is 0.133. The molecule has 3 heterocycles. The average Bonchev–Trinajstić information content (AvgIpc) is 3.78. The number of ether oxygens (including phenoxy) is 2. The summed E-state index contributed by atoms with van der Waals surface area (Å²) in [6.07, 6.45) is 10.4. The molecule has 1 unspecified atom stereocenters. The Bertz CT molecular complexity index is 2200. The summed E-state index contributed by atoms with van der Waals surface area (Å²) in [7, 11) is 0. The number of hydrazone groups is 1. The van der Waals surface area contributed by atoms with E-state index in [1.54, 1.807) is 11.2 Å². The first-order valence-electron chi connectivity index (χ1n) is 20.9. The normalized spacial score (nSPS) is 17.4. The molecule has 294 valence electrons. The first kappa shape index (κ1) is 37.7. The standard InChI is InChI=1S/C50H51N5O3/c1-36-22-27-44-45(34-36)54(49(56)55(43-28-32-57-33-29-43)53-47(44)37-14-6-2-7-15-37)42-25-23-38(24-26-42)48(58-35-46-51-30-31-52-46)50(39-16-8-3-9-17-39,40-18-10-4-11-19-40)41-20-12-5-13-21-41/h3-5,8-13,16-27,30-31,34,37,43,48H,2,6-7,14-15,28-29,32-33,35H2,1H3,(H,51,52). The van der Waals surface area contributed by atoms with Gasteiger partial charge in [0.2, 0.25) is 0 Å². The van der Waals surface area contributed by atoms with Crippen LogP contribution in [0.5, 0.6) is 0 Å². The van der Waals surface area contributed by atoms with Crippen LogP contribution < -0.4 is 4.90 Å². The number of imidazole rings is 1. The van der Waals surface area contributed by atoms with Gasteiger partial charge in [0.1, 0.15) is 18.5 Å². The van der Waals surface area contributed by atoms with Crippen molar-refractivity contribution >= 4 is 23.1 Å². The maximum Gasteiger partial charge on any atom is 0.349 e. The predicted molar refractivity (Wildman–Crippen MR) is 229 cm³/mol. The number of anilines is 2. The number of amides is 2. The highest BCUT2D eigenvalue weighted by Gasteiger charge is 2.46. The summed E-state index contributed by atoms with van der Waals surface area (Å²) < 4.78 is 12.9. The summed E-state index contributed by atoms with van der Waals surface area (Å²) in [5.41, 5.74) is 8.37. The fourth-order valence-electron chi connectivity index (χ4n) is 9.42. The molecule has 1 N–H and O–H groups in total. The topological polar surface area (TPSA) is 83.0 Å². The van der Waals surface area contributed by atoms with Gasteiger partial charge in [-0.3, -0.25) is 4.90 Å². The van der Waals surface area contributed by atoms with Gasteiger partial charge in [-0.05, 0) is 78.6 Å². The molecular weight excluding hydrogens is 719 g/mol. The van der Waals surface area contributed by atoms with Crippen molar-refractivity contribution in [1.82, 2.24) is 15.0 Å². The Morgan fingerprint density at radius 1 is 0.776 bits per heavy atom. The molecule has 2 fully saturated rings. The summed E-state index contributed by atoms with van der Waals surface area (Å²) >= 11 is 0. The number of urea groups is 1. The molecule has 0 bridgehead atoms. The summed E-state index contributed by atoms with van der Waals surface area (Å²) in [4.78, 5) is 24.9. The van der Waals surface area contributed by atoms with E-state index in [-0.39, 0.29) is 18.7 Å². The minimum absolute atomic E-state index is 0.0420. The van der Waals surface area contributed by atoms with Crippen LogP contribution in [0, 0.1) is 12.8 Å². The third-order valence-electron chi connectivity index (χ3n) is 12.3. The molecule has 1 aliphatic carbocycles. The molecule has 2 amide bonds. The number of H-pyrrole nitrogens is 1. The zero-order valence-electron chi connectivity index (χ0n) is 33.2. The van der Waals surface area contributed by atoms with Crippen LogP contribution in [0.2, 0.25) is 0 Å². The zero-order valence-corrected chi connectivity index (χ0v) is 33.2. The van der Waals surface area contributed by atoms with Crippen LogP contribution in [0.1, 0.15) is 90.3 Å². The van der Waals surface area contributed by atoms with Crippen LogP contribution >= 0.6 is 0 Å². The lowest BCUT2D eigenvalue weighted by Crippen LogP contribution is -2.45. The Morgan fingerprint density at radius 2 is 1.40 bits per heavy atom. The first-order chi connectivity index (χ1) is 28.6. The molecule has 0 spiro atoms. The van der Waals surface area contributed by atoms with E-state index in [0.29, 0.717) is 19.1 Å². The van der Waals surface area contributed by atoms with E-state index in [0.717, 1.165) is 82.0 Å². The number of aromatic nitrogens is 2. The molecule has 58 heavy (non-hydrogen) atoms. The zero-order chi connectivity index (χ0) is 39.3. The molecule has 6 aromatic rings. The molecule has 8 nitrogen and oxygen atoms in total. The molecule has 2 aliphatic heterocycles. The molecule has 1 aromatic heterocycles. The van der Waals surface area contributed by atoms with Gasteiger partial charge in [-0.25, -0.2) is 14.8 Å². The molecule has 1 atom stereocenters. The number of nitrogens with zero attached hydrogens (tertiary/aromatic N) is 4. The van der Waals surface area contributed by atoms with Gasteiger partial charge in [0.05, 0.1) is 28.5 Å². The molecule has 9 rings (SSSR count). The Kier molecular flexibility index (Phi) is 11.0. The number of aryl methyl sites for hydroxylation is 1. The molecular formula is C50H51N5O3. The largest absolute Gasteiger partial charge is 0.381 e. The van der Waals surface area contributed by atoms with E-state index in [1.165, 1.54) is 19.3 Å². The SMILES string of the molecule is Cc1ccc2c(c1)N(c1ccc(C(OCc3ncc[nH]3)C(c3ccccc3)(c3ccccc3)c3ccccc3)cc1)C(=O)N(C1CCOCC1)N=C2C1CCCCC1. The minimum atomic E-state index is -0.761. The second-order valence-corrected chi connectivity index (χ2v) is 15.9.